The van der Waals surface area contributed by atoms with Crippen LogP contribution in [0.2, 0.25) is 0 Å². The SMILES string of the molecule is C[C@H]1CN(C(=O)Cc2cn(C)c3ccccc23)CCN1C(=O)Cc1cn(C)c2ccccc12. The van der Waals surface area contributed by atoms with Crippen LogP contribution in [0.1, 0.15) is 18.1 Å². The van der Waals surface area contributed by atoms with Gasteiger partial charge in [0, 0.05) is 74.0 Å². The van der Waals surface area contributed by atoms with Crippen molar-refractivity contribution in [2.45, 2.75) is 25.8 Å². The number of carbonyl (C=O) groups is 2. The maximum Gasteiger partial charge on any atom is 0.227 e. The molecule has 4 aromatic rings. The summed E-state index contributed by atoms with van der Waals surface area (Å²) in [6.45, 7) is 3.77. The molecule has 0 radical (unpaired) electrons. The second kappa shape index (κ2) is 8.43. The van der Waals surface area contributed by atoms with Crippen molar-refractivity contribution in [3.05, 3.63) is 72.1 Å². The molecular formula is C27H30N4O2. The zero-order chi connectivity index (χ0) is 23.1. The van der Waals surface area contributed by atoms with Gasteiger partial charge in [-0.1, -0.05) is 36.4 Å². The van der Waals surface area contributed by atoms with E-state index < -0.39 is 0 Å². The number of fused-ring (bicyclic) bond motifs is 2. The van der Waals surface area contributed by atoms with Crippen LogP contribution in [-0.2, 0) is 36.5 Å². The van der Waals surface area contributed by atoms with E-state index in [4.69, 9.17) is 0 Å². The molecule has 170 valence electrons. The van der Waals surface area contributed by atoms with E-state index in [1.165, 1.54) is 0 Å². The second-order valence-electron chi connectivity index (χ2n) is 9.19. The van der Waals surface area contributed by atoms with E-state index >= 15 is 0 Å². The molecule has 1 atom stereocenters. The summed E-state index contributed by atoms with van der Waals surface area (Å²) in [7, 11) is 4.03. The zero-order valence-electron chi connectivity index (χ0n) is 19.5. The van der Waals surface area contributed by atoms with Crippen LogP contribution in [-0.4, -0.2) is 56.4 Å². The van der Waals surface area contributed by atoms with Gasteiger partial charge in [-0.2, -0.15) is 0 Å². The van der Waals surface area contributed by atoms with E-state index in [1.54, 1.807) is 0 Å². The molecule has 3 heterocycles. The lowest BCUT2D eigenvalue weighted by atomic mass is 10.1. The maximum atomic E-state index is 13.2. The Hall–Kier alpha value is -3.54. The van der Waals surface area contributed by atoms with Crippen LogP contribution in [0.3, 0.4) is 0 Å². The Bertz CT molecular complexity index is 1350. The van der Waals surface area contributed by atoms with Gasteiger partial charge in [-0.15, -0.1) is 0 Å². The average molecular weight is 443 g/mol. The Morgan fingerprint density at radius 2 is 1.30 bits per heavy atom. The minimum atomic E-state index is -0.00214. The number of hydrogen-bond donors (Lipinski definition) is 0. The highest BCUT2D eigenvalue weighted by Crippen LogP contribution is 2.24. The molecule has 2 aromatic carbocycles. The van der Waals surface area contributed by atoms with Crippen LogP contribution >= 0.6 is 0 Å². The number of para-hydroxylation sites is 2. The molecule has 6 nitrogen and oxygen atoms in total. The fourth-order valence-corrected chi connectivity index (χ4v) is 5.23. The molecule has 33 heavy (non-hydrogen) atoms. The quantitative estimate of drug-likeness (QED) is 0.486. The van der Waals surface area contributed by atoms with Gasteiger partial charge in [-0.3, -0.25) is 9.59 Å². The van der Waals surface area contributed by atoms with E-state index in [2.05, 4.69) is 45.8 Å². The molecule has 0 spiro atoms. The lowest BCUT2D eigenvalue weighted by Crippen LogP contribution is -2.56. The minimum Gasteiger partial charge on any atom is -0.350 e. The Morgan fingerprint density at radius 1 is 0.788 bits per heavy atom. The summed E-state index contributed by atoms with van der Waals surface area (Å²) in [6.07, 6.45) is 4.88. The fourth-order valence-electron chi connectivity index (χ4n) is 5.23. The monoisotopic (exact) mass is 442 g/mol. The summed E-state index contributed by atoms with van der Waals surface area (Å²) in [6, 6.07) is 16.4. The normalized spacial score (nSPS) is 16.6. The van der Waals surface area contributed by atoms with Crippen molar-refractivity contribution >= 4 is 33.6 Å². The standard InChI is InChI=1S/C27H30N4O2/c1-19-16-30(26(32)14-20-17-28(2)24-10-6-4-8-22(20)24)12-13-31(19)27(33)15-21-18-29(3)25-11-7-5-9-23(21)25/h4-11,17-19H,12-16H2,1-3H3/t19-/m0/s1. The fraction of sp³-hybridized carbons (Fsp3) is 0.333. The van der Waals surface area contributed by atoms with Crippen LogP contribution in [0.15, 0.2) is 60.9 Å². The predicted octanol–water partition coefficient (Wildman–Crippen LogP) is 3.51. The van der Waals surface area contributed by atoms with Crippen molar-refractivity contribution in [1.82, 2.24) is 18.9 Å². The molecule has 2 amide bonds. The topological polar surface area (TPSA) is 50.5 Å². The highest BCUT2D eigenvalue weighted by molar-refractivity contribution is 5.91. The molecule has 0 bridgehead atoms. The van der Waals surface area contributed by atoms with Crippen LogP contribution in [0.5, 0.6) is 0 Å². The number of aryl methyl sites for hydroxylation is 2. The summed E-state index contributed by atoms with van der Waals surface area (Å²) >= 11 is 0. The molecule has 0 N–H and O–H groups in total. The molecular weight excluding hydrogens is 412 g/mol. The van der Waals surface area contributed by atoms with Crippen molar-refractivity contribution < 1.29 is 9.59 Å². The molecule has 0 unspecified atom stereocenters. The summed E-state index contributed by atoms with van der Waals surface area (Å²) in [4.78, 5) is 30.1. The van der Waals surface area contributed by atoms with Gasteiger partial charge in [0.05, 0.1) is 12.8 Å². The predicted molar refractivity (Wildman–Crippen MR) is 131 cm³/mol. The molecule has 1 saturated heterocycles. The molecule has 0 aliphatic carbocycles. The van der Waals surface area contributed by atoms with Crippen LogP contribution < -0.4 is 0 Å². The average Bonchev–Trinajstić information content (AvgIpc) is 3.30. The third-order valence-electron chi connectivity index (χ3n) is 6.94. The van der Waals surface area contributed by atoms with Gasteiger partial charge in [-0.25, -0.2) is 0 Å². The Labute approximate surface area is 194 Å². The zero-order valence-corrected chi connectivity index (χ0v) is 19.5. The lowest BCUT2D eigenvalue weighted by molar-refractivity contribution is -0.141. The Balaban J connectivity index is 1.24. The number of piperazine rings is 1. The maximum absolute atomic E-state index is 13.2. The van der Waals surface area contributed by atoms with Gasteiger partial charge in [0.25, 0.3) is 0 Å². The molecule has 1 aliphatic heterocycles. The van der Waals surface area contributed by atoms with Gasteiger partial charge in [0.2, 0.25) is 11.8 Å². The largest absolute Gasteiger partial charge is 0.350 e. The van der Waals surface area contributed by atoms with E-state index in [1.807, 2.05) is 55.1 Å². The van der Waals surface area contributed by atoms with Crippen molar-refractivity contribution in [3.8, 4) is 0 Å². The third kappa shape index (κ3) is 3.90. The summed E-state index contributed by atoms with van der Waals surface area (Å²) in [5, 5.41) is 2.26. The summed E-state index contributed by atoms with van der Waals surface area (Å²) in [5.41, 5.74) is 4.38. The van der Waals surface area contributed by atoms with Gasteiger partial charge in [-0.05, 0) is 30.2 Å². The van der Waals surface area contributed by atoms with Gasteiger partial charge < -0.3 is 18.9 Å². The van der Waals surface area contributed by atoms with Crippen molar-refractivity contribution in [1.29, 1.82) is 0 Å². The molecule has 1 fully saturated rings. The Kier molecular flexibility index (Phi) is 5.44. The molecule has 2 aromatic heterocycles. The molecule has 5 rings (SSSR count). The number of aromatic nitrogens is 2. The minimum absolute atomic E-state index is 0.00214. The van der Waals surface area contributed by atoms with E-state index in [0.717, 1.165) is 32.9 Å². The molecule has 1 aliphatic rings. The number of hydrogen-bond acceptors (Lipinski definition) is 2. The van der Waals surface area contributed by atoms with Gasteiger partial charge in [0.15, 0.2) is 0 Å². The molecule has 6 heteroatoms. The smallest absolute Gasteiger partial charge is 0.227 e. The highest BCUT2D eigenvalue weighted by Gasteiger charge is 2.30. The van der Waals surface area contributed by atoms with E-state index in [9.17, 15) is 9.59 Å². The van der Waals surface area contributed by atoms with Crippen molar-refractivity contribution in [3.63, 3.8) is 0 Å². The van der Waals surface area contributed by atoms with E-state index in [0.29, 0.717) is 32.5 Å². The van der Waals surface area contributed by atoms with Crippen LogP contribution in [0.4, 0.5) is 0 Å². The first-order valence-electron chi connectivity index (χ1n) is 11.6. The number of amides is 2. The van der Waals surface area contributed by atoms with Crippen LogP contribution in [0, 0.1) is 0 Å². The first-order valence-corrected chi connectivity index (χ1v) is 11.6. The first-order chi connectivity index (χ1) is 15.9. The van der Waals surface area contributed by atoms with Gasteiger partial charge in [0.1, 0.15) is 0 Å². The number of carbonyl (C=O) groups excluding carboxylic acids is 2. The summed E-state index contributed by atoms with van der Waals surface area (Å²) < 4.78 is 4.15. The van der Waals surface area contributed by atoms with E-state index in [-0.39, 0.29) is 17.9 Å². The van der Waals surface area contributed by atoms with Crippen molar-refractivity contribution in [2.75, 3.05) is 19.6 Å². The third-order valence-corrected chi connectivity index (χ3v) is 6.94. The van der Waals surface area contributed by atoms with Crippen LogP contribution in [0.25, 0.3) is 21.8 Å². The lowest BCUT2D eigenvalue weighted by Gasteiger charge is -2.40. The number of nitrogens with zero attached hydrogens (tertiary/aromatic N) is 4. The summed E-state index contributed by atoms with van der Waals surface area (Å²) in [5.74, 6) is 0.249. The first kappa shape index (κ1) is 21.3. The van der Waals surface area contributed by atoms with Crippen molar-refractivity contribution in [2.24, 2.45) is 14.1 Å². The van der Waals surface area contributed by atoms with Gasteiger partial charge >= 0.3 is 0 Å². The number of rotatable bonds is 4. The molecule has 0 saturated carbocycles. The Morgan fingerprint density at radius 3 is 1.85 bits per heavy atom. The second-order valence-corrected chi connectivity index (χ2v) is 9.19. The number of benzene rings is 2. The highest BCUT2D eigenvalue weighted by atomic mass is 16.2.